The number of rotatable bonds is 3. The molecular weight excluding hydrogens is 206 g/mol. The molecule has 2 rings (SSSR count). The van der Waals surface area contributed by atoms with Crippen molar-refractivity contribution < 1.29 is 9.90 Å². The summed E-state index contributed by atoms with van der Waals surface area (Å²) in [5, 5.41) is 17.3. The number of ketones is 1. The highest BCUT2D eigenvalue weighted by Crippen LogP contribution is 2.20. The van der Waals surface area contributed by atoms with Crippen LogP contribution in [0.15, 0.2) is 30.5 Å². The van der Waals surface area contributed by atoms with Crippen molar-refractivity contribution in [3.63, 3.8) is 0 Å². The molecule has 0 unspecified atom stereocenters. The average Bonchev–Trinajstić information content (AvgIpc) is 2.66. The van der Waals surface area contributed by atoms with Crippen LogP contribution in [0.1, 0.15) is 12.6 Å². The summed E-state index contributed by atoms with van der Waals surface area (Å²) < 4.78 is 1.47. The Balaban J connectivity index is 2.45. The maximum Gasteiger partial charge on any atom is 0.141 e. The molecule has 0 spiro atoms. The van der Waals surface area contributed by atoms with Gasteiger partial charge in [0, 0.05) is 0 Å². The summed E-state index contributed by atoms with van der Waals surface area (Å²) in [7, 11) is 0. The Morgan fingerprint density at radius 2 is 2.19 bits per heavy atom. The van der Waals surface area contributed by atoms with Crippen LogP contribution in [0.25, 0.3) is 5.69 Å². The molecule has 1 aromatic carbocycles. The fourth-order valence-corrected chi connectivity index (χ4v) is 1.48. The summed E-state index contributed by atoms with van der Waals surface area (Å²) in [6, 6.07) is 6.79. The SMILES string of the molecule is CC(=O)Cc1cnnn1-c1ccccc1O. The van der Waals surface area contributed by atoms with Gasteiger partial charge in [-0.1, -0.05) is 17.3 Å². The van der Waals surface area contributed by atoms with Gasteiger partial charge in [0.05, 0.1) is 18.3 Å². The van der Waals surface area contributed by atoms with Crippen molar-refractivity contribution in [1.29, 1.82) is 0 Å². The van der Waals surface area contributed by atoms with E-state index in [1.165, 1.54) is 17.8 Å². The first-order chi connectivity index (χ1) is 7.68. The molecule has 0 saturated heterocycles. The number of para-hydroxylation sites is 2. The molecule has 0 fully saturated rings. The molecule has 0 bridgehead atoms. The van der Waals surface area contributed by atoms with Gasteiger partial charge in [0.1, 0.15) is 17.2 Å². The Hall–Kier alpha value is -2.17. The zero-order valence-corrected chi connectivity index (χ0v) is 8.79. The largest absolute Gasteiger partial charge is 0.506 e. The number of Topliss-reactive ketones (excluding diaryl/α,β-unsaturated/α-hetero) is 1. The van der Waals surface area contributed by atoms with Gasteiger partial charge >= 0.3 is 0 Å². The average molecular weight is 217 g/mol. The number of hydrogen-bond donors (Lipinski definition) is 1. The predicted octanol–water partition coefficient (Wildman–Crippen LogP) is 1.10. The summed E-state index contributed by atoms with van der Waals surface area (Å²) in [6.45, 7) is 1.50. The Morgan fingerprint density at radius 1 is 1.44 bits per heavy atom. The normalized spacial score (nSPS) is 10.3. The molecule has 0 aliphatic heterocycles. The quantitative estimate of drug-likeness (QED) is 0.836. The zero-order chi connectivity index (χ0) is 11.5. The first-order valence-electron chi connectivity index (χ1n) is 4.86. The first-order valence-corrected chi connectivity index (χ1v) is 4.86. The van der Waals surface area contributed by atoms with Gasteiger partial charge in [-0.05, 0) is 19.1 Å². The minimum atomic E-state index is 0.0268. The van der Waals surface area contributed by atoms with E-state index in [0.29, 0.717) is 11.4 Å². The van der Waals surface area contributed by atoms with Crippen molar-refractivity contribution in [2.24, 2.45) is 0 Å². The van der Waals surface area contributed by atoms with Crippen molar-refractivity contribution in [2.75, 3.05) is 0 Å². The number of phenolic OH excluding ortho intramolecular Hbond substituents is 1. The Morgan fingerprint density at radius 3 is 2.88 bits per heavy atom. The summed E-state index contributed by atoms with van der Waals surface area (Å²) in [6.07, 6.45) is 1.77. The first kappa shape index (κ1) is 10.4. The van der Waals surface area contributed by atoms with E-state index in [1.807, 2.05) is 0 Å². The van der Waals surface area contributed by atoms with Crippen LogP contribution in [0.5, 0.6) is 5.75 Å². The lowest BCUT2D eigenvalue weighted by Crippen LogP contribution is -2.06. The minimum Gasteiger partial charge on any atom is -0.506 e. The minimum absolute atomic E-state index is 0.0268. The lowest BCUT2D eigenvalue weighted by atomic mass is 10.2. The molecule has 0 aliphatic rings. The topological polar surface area (TPSA) is 68.0 Å². The molecule has 16 heavy (non-hydrogen) atoms. The summed E-state index contributed by atoms with van der Waals surface area (Å²) in [4.78, 5) is 11.0. The second-order valence-corrected chi connectivity index (χ2v) is 3.50. The van der Waals surface area contributed by atoms with Crippen LogP contribution in [-0.2, 0) is 11.2 Å². The third kappa shape index (κ3) is 1.93. The predicted molar refractivity (Wildman–Crippen MR) is 57.4 cm³/mol. The Labute approximate surface area is 92.3 Å². The van der Waals surface area contributed by atoms with E-state index in [0.717, 1.165) is 0 Å². The van der Waals surface area contributed by atoms with E-state index >= 15 is 0 Å². The standard InChI is InChI=1S/C11H11N3O2/c1-8(15)6-9-7-12-13-14(9)10-4-2-3-5-11(10)16/h2-5,7,16H,6H2,1H3. The van der Waals surface area contributed by atoms with E-state index in [2.05, 4.69) is 10.3 Å². The highest BCUT2D eigenvalue weighted by molar-refractivity contribution is 5.77. The summed E-state index contributed by atoms with van der Waals surface area (Å²) in [5.74, 6) is 0.136. The molecule has 1 aromatic heterocycles. The van der Waals surface area contributed by atoms with Crippen LogP contribution >= 0.6 is 0 Å². The third-order valence-corrected chi connectivity index (χ3v) is 2.16. The van der Waals surface area contributed by atoms with E-state index in [4.69, 9.17) is 0 Å². The third-order valence-electron chi connectivity index (χ3n) is 2.16. The molecular formula is C11H11N3O2. The van der Waals surface area contributed by atoms with Crippen LogP contribution in [0.2, 0.25) is 0 Å². The zero-order valence-electron chi connectivity index (χ0n) is 8.79. The summed E-state index contributed by atoms with van der Waals surface area (Å²) >= 11 is 0. The van der Waals surface area contributed by atoms with Crippen molar-refractivity contribution in [3.8, 4) is 11.4 Å². The van der Waals surface area contributed by atoms with Gasteiger partial charge in [-0.15, -0.1) is 5.10 Å². The van der Waals surface area contributed by atoms with E-state index in [-0.39, 0.29) is 18.0 Å². The number of aromatic nitrogens is 3. The smallest absolute Gasteiger partial charge is 0.141 e. The molecule has 0 aliphatic carbocycles. The molecule has 0 amide bonds. The van der Waals surface area contributed by atoms with Gasteiger partial charge in [0.25, 0.3) is 0 Å². The molecule has 82 valence electrons. The highest BCUT2D eigenvalue weighted by atomic mass is 16.3. The van der Waals surface area contributed by atoms with Gasteiger partial charge in [-0.2, -0.15) is 0 Å². The lowest BCUT2D eigenvalue weighted by Gasteiger charge is -2.06. The van der Waals surface area contributed by atoms with Gasteiger partial charge in [-0.3, -0.25) is 4.79 Å². The molecule has 5 heteroatoms. The Bertz CT molecular complexity index is 519. The van der Waals surface area contributed by atoms with Gasteiger partial charge in [0.2, 0.25) is 0 Å². The number of aromatic hydroxyl groups is 1. The second-order valence-electron chi connectivity index (χ2n) is 3.50. The molecule has 1 N–H and O–H groups in total. The monoisotopic (exact) mass is 217 g/mol. The maximum atomic E-state index is 11.0. The number of nitrogens with zero attached hydrogens (tertiary/aromatic N) is 3. The van der Waals surface area contributed by atoms with Crippen molar-refractivity contribution in [2.45, 2.75) is 13.3 Å². The van der Waals surface area contributed by atoms with Crippen molar-refractivity contribution in [1.82, 2.24) is 15.0 Å². The maximum absolute atomic E-state index is 11.0. The van der Waals surface area contributed by atoms with Crippen LogP contribution in [0.4, 0.5) is 0 Å². The fraction of sp³-hybridized carbons (Fsp3) is 0.182. The molecule has 2 aromatic rings. The molecule has 5 nitrogen and oxygen atoms in total. The number of hydrogen-bond acceptors (Lipinski definition) is 4. The number of phenols is 1. The number of benzene rings is 1. The van der Waals surface area contributed by atoms with E-state index in [9.17, 15) is 9.90 Å². The van der Waals surface area contributed by atoms with Crippen molar-refractivity contribution in [3.05, 3.63) is 36.2 Å². The van der Waals surface area contributed by atoms with Crippen LogP contribution in [0.3, 0.4) is 0 Å². The van der Waals surface area contributed by atoms with Gasteiger partial charge in [-0.25, -0.2) is 4.68 Å². The molecule has 0 saturated carbocycles. The van der Waals surface area contributed by atoms with E-state index < -0.39 is 0 Å². The van der Waals surface area contributed by atoms with Crippen LogP contribution in [0, 0.1) is 0 Å². The van der Waals surface area contributed by atoms with Crippen LogP contribution < -0.4 is 0 Å². The fourth-order valence-electron chi connectivity index (χ4n) is 1.48. The van der Waals surface area contributed by atoms with Crippen LogP contribution in [-0.4, -0.2) is 25.9 Å². The molecule has 1 heterocycles. The summed E-state index contributed by atoms with van der Waals surface area (Å²) in [5.41, 5.74) is 1.19. The lowest BCUT2D eigenvalue weighted by molar-refractivity contribution is -0.116. The van der Waals surface area contributed by atoms with Crippen molar-refractivity contribution >= 4 is 5.78 Å². The van der Waals surface area contributed by atoms with E-state index in [1.54, 1.807) is 24.3 Å². The van der Waals surface area contributed by atoms with Gasteiger partial charge < -0.3 is 5.11 Å². The molecule has 0 radical (unpaired) electrons. The number of carbonyl (C=O) groups excluding carboxylic acids is 1. The highest BCUT2D eigenvalue weighted by Gasteiger charge is 2.10. The number of carbonyl (C=O) groups is 1. The second kappa shape index (κ2) is 4.14. The Kier molecular flexibility index (Phi) is 2.68. The molecule has 0 atom stereocenters. The van der Waals surface area contributed by atoms with Gasteiger partial charge in [0.15, 0.2) is 0 Å².